The number of amides is 1. The second-order valence-corrected chi connectivity index (χ2v) is 9.95. The van der Waals surface area contributed by atoms with Crippen molar-refractivity contribution < 1.29 is 22.7 Å². The molecule has 0 N–H and O–H groups in total. The molecule has 1 aliphatic heterocycles. The first-order valence-corrected chi connectivity index (χ1v) is 12.3. The fourth-order valence-corrected chi connectivity index (χ4v) is 5.58. The van der Waals surface area contributed by atoms with Crippen molar-refractivity contribution in [2.45, 2.75) is 43.5 Å². The average Bonchev–Trinajstić information content (AvgIpc) is 3.12. The van der Waals surface area contributed by atoms with Crippen molar-refractivity contribution in [1.82, 2.24) is 9.21 Å². The highest BCUT2D eigenvalue weighted by molar-refractivity contribution is 7.89. The van der Waals surface area contributed by atoms with Crippen LogP contribution in [0.5, 0.6) is 11.5 Å². The Morgan fingerprint density at radius 2 is 1.59 bits per heavy atom. The van der Waals surface area contributed by atoms with E-state index in [2.05, 4.69) is 0 Å². The van der Waals surface area contributed by atoms with E-state index in [0.717, 1.165) is 31.2 Å². The molecule has 0 spiro atoms. The predicted molar refractivity (Wildman–Crippen MR) is 124 cm³/mol. The van der Waals surface area contributed by atoms with Crippen LogP contribution in [-0.4, -0.2) is 57.9 Å². The van der Waals surface area contributed by atoms with E-state index in [1.54, 1.807) is 25.1 Å². The van der Waals surface area contributed by atoms with Crippen molar-refractivity contribution >= 4 is 15.9 Å². The van der Waals surface area contributed by atoms with Gasteiger partial charge in [0.1, 0.15) is 11.5 Å². The lowest BCUT2D eigenvalue weighted by atomic mass is 10.0. The minimum atomic E-state index is -3.69. The first-order valence-electron chi connectivity index (χ1n) is 10.9. The Hall–Kier alpha value is -2.58. The average molecular weight is 461 g/mol. The van der Waals surface area contributed by atoms with Crippen molar-refractivity contribution in [2.75, 3.05) is 34.4 Å². The first-order chi connectivity index (χ1) is 15.3. The van der Waals surface area contributed by atoms with E-state index in [4.69, 9.17) is 9.47 Å². The van der Waals surface area contributed by atoms with Crippen LogP contribution < -0.4 is 9.47 Å². The molecule has 0 radical (unpaired) electrons. The lowest BCUT2D eigenvalue weighted by Gasteiger charge is -2.27. The van der Waals surface area contributed by atoms with Gasteiger partial charge in [-0.15, -0.1) is 0 Å². The molecule has 0 aliphatic carbocycles. The van der Waals surface area contributed by atoms with Gasteiger partial charge in [0, 0.05) is 25.7 Å². The predicted octanol–water partition coefficient (Wildman–Crippen LogP) is 4.10. The van der Waals surface area contributed by atoms with Gasteiger partial charge in [0.05, 0.1) is 30.7 Å². The van der Waals surface area contributed by atoms with Gasteiger partial charge in [-0.1, -0.05) is 31.0 Å². The number of carbonyl (C=O) groups excluding carboxylic acids is 1. The lowest BCUT2D eigenvalue weighted by molar-refractivity contribution is 0.0737. The molecule has 32 heavy (non-hydrogen) atoms. The van der Waals surface area contributed by atoms with Gasteiger partial charge in [-0.2, -0.15) is 4.31 Å². The third-order valence-corrected chi connectivity index (χ3v) is 7.99. The molecule has 0 bridgehead atoms. The molecule has 8 heteroatoms. The maximum Gasteiger partial charge on any atom is 0.257 e. The van der Waals surface area contributed by atoms with Gasteiger partial charge in [-0.05, 0) is 44.0 Å². The third-order valence-electron chi connectivity index (χ3n) is 6.09. The zero-order valence-corrected chi connectivity index (χ0v) is 20.0. The zero-order valence-electron chi connectivity index (χ0n) is 19.2. The summed E-state index contributed by atoms with van der Waals surface area (Å²) in [6, 6.07) is 11.7. The van der Waals surface area contributed by atoms with Crippen LogP contribution in [0.4, 0.5) is 0 Å². The molecule has 1 saturated heterocycles. The number of methoxy groups -OCH3 is 2. The van der Waals surface area contributed by atoms with E-state index in [1.807, 2.05) is 31.2 Å². The molecule has 1 heterocycles. The largest absolute Gasteiger partial charge is 0.496 e. The molecule has 0 saturated carbocycles. The molecule has 1 fully saturated rings. The van der Waals surface area contributed by atoms with Gasteiger partial charge in [-0.25, -0.2) is 8.42 Å². The molecule has 1 unspecified atom stereocenters. The summed E-state index contributed by atoms with van der Waals surface area (Å²) in [5, 5.41) is 0. The second-order valence-electron chi connectivity index (χ2n) is 8.01. The molecule has 0 aromatic heterocycles. The van der Waals surface area contributed by atoms with Crippen molar-refractivity contribution in [2.24, 2.45) is 0 Å². The Kier molecular flexibility index (Phi) is 7.79. The van der Waals surface area contributed by atoms with Crippen LogP contribution in [0.2, 0.25) is 0 Å². The highest BCUT2D eigenvalue weighted by Crippen LogP contribution is 2.32. The van der Waals surface area contributed by atoms with Crippen LogP contribution >= 0.6 is 0 Å². The molecule has 174 valence electrons. The number of para-hydroxylation sites is 1. The smallest absolute Gasteiger partial charge is 0.257 e. The summed E-state index contributed by atoms with van der Waals surface area (Å²) in [5.74, 6) is 0.696. The topological polar surface area (TPSA) is 76.2 Å². The molecule has 7 nitrogen and oxygen atoms in total. The molecule has 1 aliphatic rings. The highest BCUT2D eigenvalue weighted by Gasteiger charge is 2.29. The molecule has 1 amide bonds. The maximum atomic E-state index is 13.4. The minimum absolute atomic E-state index is 0.113. The van der Waals surface area contributed by atoms with E-state index < -0.39 is 10.0 Å². The monoisotopic (exact) mass is 460 g/mol. The summed E-state index contributed by atoms with van der Waals surface area (Å²) >= 11 is 0. The van der Waals surface area contributed by atoms with Gasteiger partial charge in [0.15, 0.2) is 0 Å². The van der Waals surface area contributed by atoms with Crippen molar-refractivity contribution in [3.05, 3.63) is 53.6 Å². The van der Waals surface area contributed by atoms with Crippen LogP contribution in [0, 0.1) is 0 Å². The summed E-state index contributed by atoms with van der Waals surface area (Å²) in [6.45, 7) is 2.91. The Labute approximate surface area is 191 Å². The third kappa shape index (κ3) is 4.91. The molecular formula is C24H32N2O5S. The summed E-state index contributed by atoms with van der Waals surface area (Å²) in [7, 11) is 1.06. The van der Waals surface area contributed by atoms with Crippen molar-refractivity contribution in [3.63, 3.8) is 0 Å². The van der Waals surface area contributed by atoms with Crippen LogP contribution in [0.1, 0.15) is 54.6 Å². The zero-order chi connectivity index (χ0) is 23.3. The highest BCUT2D eigenvalue weighted by atomic mass is 32.2. The molecule has 2 aromatic carbocycles. The van der Waals surface area contributed by atoms with Gasteiger partial charge in [0.25, 0.3) is 5.91 Å². The summed E-state index contributed by atoms with van der Waals surface area (Å²) in [6.07, 6.45) is 3.76. The molecule has 2 aromatic rings. The van der Waals surface area contributed by atoms with Crippen LogP contribution in [0.15, 0.2) is 47.4 Å². The number of hydrogen-bond acceptors (Lipinski definition) is 5. The van der Waals surface area contributed by atoms with Gasteiger partial charge >= 0.3 is 0 Å². The van der Waals surface area contributed by atoms with Gasteiger partial charge in [-0.3, -0.25) is 4.79 Å². The Balaban J connectivity index is 1.95. The summed E-state index contributed by atoms with van der Waals surface area (Å²) in [4.78, 5) is 15.1. The van der Waals surface area contributed by atoms with E-state index in [0.29, 0.717) is 24.6 Å². The van der Waals surface area contributed by atoms with Gasteiger partial charge in [0.2, 0.25) is 10.0 Å². The summed E-state index contributed by atoms with van der Waals surface area (Å²) < 4.78 is 38.9. The number of benzene rings is 2. The normalized spacial score (nSPS) is 16.1. The van der Waals surface area contributed by atoms with E-state index in [-0.39, 0.29) is 22.4 Å². The summed E-state index contributed by atoms with van der Waals surface area (Å²) in [5.41, 5.74) is 1.07. The van der Waals surface area contributed by atoms with Crippen LogP contribution in [0.3, 0.4) is 0 Å². The first kappa shape index (κ1) is 24.1. The molecule has 3 rings (SSSR count). The molecule has 1 atom stereocenters. The Morgan fingerprint density at radius 3 is 2.22 bits per heavy atom. The standard InChI is InChI=1S/C24H32N2O5S/c1-18(20-11-7-8-12-22(20)30-3)25(2)24(27)21-17-19(13-14-23(21)31-4)32(28,29)26-15-9-5-6-10-16-26/h7-8,11-14,17-18H,5-6,9-10,15-16H2,1-4H3. The van der Waals surface area contributed by atoms with E-state index >= 15 is 0 Å². The second kappa shape index (κ2) is 10.4. The van der Waals surface area contributed by atoms with Crippen molar-refractivity contribution in [3.8, 4) is 11.5 Å². The van der Waals surface area contributed by atoms with Crippen LogP contribution in [0.25, 0.3) is 0 Å². The van der Waals surface area contributed by atoms with E-state index in [1.165, 1.54) is 23.5 Å². The number of nitrogens with zero attached hydrogens (tertiary/aromatic N) is 2. The Morgan fingerprint density at radius 1 is 0.969 bits per heavy atom. The number of hydrogen-bond donors (Lipinski definition) is 0. The van der Waals surface area contributed by atoms with Gasteiger partial charge < -0.3 is 14.4 Å². The Bertz CT molecular complexity index is 1050. The fraction of sp³-hybridized carbons (Fsp3) is 0.458. The maximum absolute atomic E-state index is 13.4. The van der Waals surface area contributed by atoms with Crippen LogP contribution in [-0.2, 0) is 10.0 Å². The number of carbonyl (C=O) groups is 1. The number of ether oxygens (including phenoxy) is 2. The van der Waals surface area contributed by atoms with E-state index in [9.17, 15) is 13.2 Å². The molecular weight excluding hydrogens is 428 g/mol. The fourth-order valence-electron chi connectivity index (χ4n) is 4.03. The quantitative estimate of drug-likeness (QED) is 0.622. The minimum Gasteiger partial charge on any atom is -0.496 e. The lowest BCUT2D eigenvalue weighted by Crippen LogP contribution is -2.33. The number of rotatable bonds is 7. The SMILES string of the molecule is COc1ccc(S(=O)(=O)N2CCCCCC2)cc1C(=O)N(C)C(C)c1ccccc1OC. The number of sulfonamides is 1. The van der Waals surface area contributed by atoms with Crippen molar-refractivity contribution in [1.29, 1.82) is 0 Å².